The second-order valence-corrected chi connectivity index (χ2v) is 6.45. The normalized spacial score (nSPS) is 20.0. The number of aromatic nitrogens is 2. The highest BCUT2D eigenvalue weighted by atomic mass is 15.3. The molecule has 5 nitrogen and oxygen atoms in total. The van der Waals surface area contributed by atoms with Gasteiger partial charge in [-0.15, -0.1) is 0 Å². The van der Waals surface area contributed by atoms with Crippen LogP contribution in [0.4, 0.5) is 11.6 Å². The standard InChI is InChI=1S/C16H27N5/c1-3-4-14-18-15(17)12(2)16(19-14)21-9-7-20(8-10-21)11-13-5-6-13/h13H,3-11H2,1-2H3,(H2,17,18,19). The summed E-state index contributed by atoms with van der Waals surface area (Å²) in [7, 11) is 0. The van der Waals surface area contributed by atoms with Crippen LogP contribution in [0, 0.1) is 12.8 Å². The van der Waals surface area contributed by atoms with Crippen LogP contribution < -0.4 is 10.6 Å². The Balaban J connectivity index is 1.68. The number of nitrogens with zero attached hydrogens (tertiary/aromatic N) is 4. The molecule has 0 unspecified atom stereocenters. The van der Waals surface area contributed by atoms with Crippen molar-refractivity contribution in [3.8, 4) is 0 Å². The molecule has 21 heavy (non-hydrogen) atoms. The van der Waals surface area contributed by atoms with Gasteiger partial charge in [-0.05, 0) is 32.1 Å². The summed E-state index contributed by atoms with van der Waals surface area (Å²) in [5.41, 5.74) is 7.10. The highest BCUT2D eigenvalue weighted by Gasteiger charge is 2.27. The molecular weight excluding hydrogens is 262 g/mol. The average Bonchev–Trinajstić information content (AvgIpc) is 3.28. The van der Waals surface area contributed by atoms with Crippen molar-refractivity contribution in [3.05, 3.63) is 11.4 Å². The molecule has 0 radical (unpaired) electrons. The number of piperazine rings is 1. The van der Waals surface area contributed by atoms with Gasteiger partial charge in [-0.1, -0.05) is 6.92 Å². The monoisotopic (exact) mass is 289 g/mol. The quantitative estimate of drug-likeness (QED) is 0.896. The minimum Gasteiger partial charge on any atom is -0.383 e. The summed E-state index contributed by atoms with van der Waals surface area (Å²) in [6.07, 6.45) is 4.82. The first-order chi connectivity index (χ1) is 10.2. The maximum atomic E-state index is 6.07. The Bertz CT molecular complexity index is 490. The van der Waals surface area contributed by atoms with Crippen LogP contribution in [-0.4, -0.2) is 47.6 Å². The number of hydrogen-bond donors (Lipinski definition) is 1. The van der Waals surface area contributed by atoms with E-state index in [1.54, 1.807) is 0 Å². The molecular formula is C16H27N5. The van der Waals surface area contributed by atoms with Crippen LogP contribution in [0.3, 0.4) is 0 Å². The lowest BCUT2D eigenvalue weighted by Crippen LogP contribution is -2.47. The lowest BCUT2D eigenvalue weighted by Gasteiger charge is -2.36. The van der Waals surface area contributed by atoms with Crippen LogP contribution in [0.25, 0.3) is 0 Å². The third-order valence-corrected chi connectivity index (χ3v) is 4.56. The summed E-state index contributed by atoms with van der Waals surface area (Å²) >= 11 is 0. The fourth-order valence-electron chi connectivity index (χ4n) is 3.02. The van der Waals surface area contributed by atoms with Crippen molar-refractivity contribution in [1.29, 1.82) is 0 Å². The van der Waals surface area contributed by atoms with E-state index in [9.17, 15) is 0 Å². The van der Waals surface area contributed by atoms with Gasteiger partial charge in [0.15, 0.2) is 0 Å². The zero-order valence-electron chi connectivity index (χ0n) is 13.3. The highest BCUT2D eigenvalue weighted by molar-refractivity contribution is 5.56. The number of aryl methyl sites for hydroxylation is 1. The molecule has 5 heteroatoms. The molecule has 0 atom stereocenters. The minimum atomic E-state index is 0.642. The van der Waals surface area contributed by atoms with E-state index in [1.807, 2.05) is 6.92 Å². The van der Waals surface area contributed by atoms with E-state index in [1.165, 1.54) is 19.4 Å². The van der Waals surface area contributed by atoms with Crippen molar-refractivity contribution in [2.45, 2.75) is 39.5 Å². The molecule has 1 aromatic rings. The van der Waals surface area contributed by atoms with Crippen molar-refractivity contribution >= 4 is 11.6 Å². The molecule has 116 valence electrons. The molecule has 0 amide bonds. The van der Waals surface area contributed by atoms with Gasteiger partial charge in [0.1, 0.15) is 17.5 Å². The van der Waals surface area contributed by atoms with Crippen molar-refractivity contribution in [1.82, 2.24) is 14.9 Å². The van der Waals surface area contributed by atoms with E-state index in [2.05, 4.69) is 21.7 Å². The fraction of sp³-hybridized carbons (Fsp3) is 0.750. The van der Waals surface area contributed by atoms with Gasteiger partial charge in [-0.2, -0.15) is 0 Å². The highest BCUT2D eigenvalue weighted by Crippen LogP contribution is 2.30. The Morgan fingerprint density at radius 3 is 2.48 bits per heavy atom. The van der Waals surface area contributed by atoms with E-state index in [0.29, 0.717) is 5.82 Å². The number of nitrogen functional groups attached to an aromatic ring is 1. The van der Waals surface area contributed by atoms with Crippen LogP contribution in [0.2, 0.25) is 0 Å². The predicted molar refractivity (Wildman–Crippen MR) is 86.6 cm³/mol. The first-order valence-electron chi connectivity index (χ1n) is 8.27. The Morgan fingerprint density at radius 1 is 1.14 bits per heavy atom. The summed E-state index contributed by atoms with van der Waals surface area (Å²) in [4.78, 5) is 14.2. The fourth-order valence-corrected chi connectivity index (χ4v) is 3.02. The second-order valence-electron chi connectivity index (χ2n) is 6.45. The maximum Gasteiger partial charge on any atom is 0.137 e. The average molecular weight is 289 g/mol. The zero-order chi connectivity index (χ0) is 14.8. The van der Waals surface area contributed by atoms with Crippen molar-refractivity contribution in [2.75, 3.05) is 43.4 Å². The van der Waals surface area contributed by atoms with E-state index >= 15 is 0 Å². The molecule has 0 spiro atoms. The van der Waals surface area contributed by atoms with Crippen LogP contribution in [-0.2, 0) is 6.42 Å². The second kappa shape index (κ2) is 6.18. The predicted octanol–water partition coefficient (Wildman–Crippen LogP) is 1.85. The number of rotatable bonds is 5. The molecule has 3 rings (SSSR count). The van der Waals surface area contributed by atoms with Gasteiger partial charge in [-0.3, -0.25) is 4.90 Å². The van der Waals surface area contributed by atoms with Crippen LogP contribution in [0.15, 0.2) is 0 Å². The van der Waals surface area contributed by atoms with Crippen molar-refractivity contribution in [3.63, 3.8) is 0 Å². The van der Waals surface area contributed by atoms with Crippen LogP contribution in [0.1, 0.15) is 37.6 Å². The Kier molecular flexibility index (Phi) is 4.29. The smallest absolute Gasteiger partial charge is 0.137 e. The third kappa shape index (κ3) is 3.46. The number of anilines is 2. The van der Waals surface area contributed by atoms with E-state index < -0.39 is 0 Å². The molecule has 0 aromatic carbocycles. The Labute approximate surface area is 127 Å². The SMILES string of the molecule is CCCc1nc(N)c(C)c(N2CCN(CC3CC3)CC2)n1. The van der Waals surface area contributed by atoms with Crippen LogP contribution in [0.5, 0.6) is 0 Å². The van der Waals surface area contributed by atoms with Crippen molar-refractivity contribution < 1.29 is 0 Å². The maximum absolute atomic E-state index is 6.07. The molecule has 1 aromatic heterocycles. The van der Waals surface area contributed by atoms with Gasteiger partial charge in [0.05, 0.1) is 0 Å². The van der Waals surface area contributed by atoms with Gasteiger partial charge >= 0.3 is 0 Å². The summed E-state index contributed by atoms with van der Waals surface area (Å²) in [6, 6.07) is 0. The minimum absolute atomic E-state index is 0.642. The lowest BCUT2D eigenvalue weighted by atomic mass is 10.2. The van der Waals surface area contributed by atoms with Gasteiger partial charge in [0, 0.05) is 44.7 Å². The Morgan fingerprint density at radius 2 is 1.86 bits per heavy atom. The zero-order valence-corrected chi connectivity index (χ0v) is 13.3. The summed E-state index contributed by atoms with van der Waals surface area (Å²) < 4.78 is 0. The Hall–Kier alpha value is -1.36. The molecule has 1 saturated carbocycles. The molecule has 1 aliphatic heterocycles. The van der Waals surface area contributed by atoms with E-state index in [-0.39, 0.29) is 0 Å². The number of nitrogens with two attached hydrogens (primary N) is 1. The third-order valence-electron chi connectivity index (χ3n) is 4.56. The van der Waals surface area contributed by atoms with E-state index in [4.69, 9.17) is 10.7 Å². The molecule has 2 N–H and O–H groups in total. The molecule has 0 bridgehead atoms. The van der Waals surface area contributed by atoms with Gasteiger partial charge < -0.3 is 10.6 Å². The van der Waals surface area contributed by atoms with Crippen molar-refractivity contribution in [2.24, 2.45) is 5.92 Å². The molecule has 2 aliphatic rings. The lowest BCUT2D eigenvalue weighted by molar-refractivity contribution is 0.247. The first-order valence-corrected chi connectivity index (χ1v) is 8.27. The van der Waals surface area contributed by atoms with Crippen LogP contribution >= 0.6 is 0 Å². The topological polar surface area (TPSA) is 58.3 Å². The van der Waals surface area contributed by atoms with Gasteiger partial charge in [0.2, 0.25) is 0 Å². The molecule has 1 aliphatic carbocycles. The summed E-state index contributed by atoms with van der Waals surface area (Å²) in [5.74, 6) is 3.56. The molecule has 2 heterocycles. The van der Waals surface area contributed by atoms with Gasteiger partial charge in [-0.25, -0.2) is 9.97 Å². The first kappa shape index (κ1) is 14.6. The molecule has 2 fully saturated rings. The molecule has 1 saturated heterocycles. The largest absolute Gasteiger partial charge is 0.383 e. The van der Waals surface area contributed by atoms with E-state index in [0.717, 1.165) is 62.1 Å². The van der Waals surface area contributed by atoms with Gasteiger partial charge in [0.25, 0.3) is 0 Å². The summed E-state index contributed by atoms with van der Waals surface area (Å²) in [5, 5.41) is 0. The number of hydrogen-bond acceptors (Lipinski definition) is 5. The summed E-state index contributed by atoms with van der Waals surface area (Å²) in [6.45, 7) is 9.86.